The Bertz CT molecular complexity index is 968. The summed E-state index contributed by atoms with van der Waals surface area (Å²) in [6, 6.07) is 11.0. The zero-order valence-corrected chi connectivity index (χ0v) is 17.6. The van der Waals surface area contributed by atoms with Crippen LogP contribution in [0.2, 0.25) is 5.02 Å². The van der Waals surface area contributed by atoms with Gasteiger partial charge in [0.05, 0.1) is 22.7 Å². The zero-order chi connectivity index (χ0) is 20.4. The highest BCUT2D eigenvalue weighted by Crippen LogP contribution is 2.39. The zero-order valence-electron chi connectivity index (χ0n) is 16.1. The van der Waals surface area contributed by atoms with Gasteiger partial charge in [0, 0.05) is 6.04 Å². The minimum atomic E-state index is -0.123. The average Bonchev–Trinajstić information content (AvgIpc) is 2.95. The number of aliphatic imine (C=N–C) groups is 1. The van der Waals surface area contributed by atoms with Crippen molar-refractivity contribution in [3.8, 4) is 11.5 Å². The standard InChI is InChI=1S/C21H21ClN2O3S/c1-12(2)24-20(26)18(11-14-9-16(22)19(25)17(10-14)27-4)28-21(24)23-15-7-5-13(3)6-8-15/h5-12,25H,1-4H3/b18-11+,23-21?. The van der Waals surface area contributed by atoms with Crippen LogP contribution >= 0.6 is 23.4 Å². The van der Waals surface area contributed by atoms with Crippen LogP contribution in [0.3, 0.4) is 0 Å². The van der Waals surface area contributed by atoms with Gasteiger partial charge in [0.25, 0.3) is 5.91 Å². The Balaban J connectivity index is 1.99. The molecular weight excluding hydrogens is 396 g/mol. The molecule has 1 aliphatic heterocycles. The molecule has 0 unspecified atom stereocenters. The maximum atomic E-state index is 13.0. The number of carbonyl (C=O) groups is 1. The number of aryl methyl sites for hydroxylation is 1. The van der Waals surface area contributed by atoms with Crippen molar-refractivity contribution in [3.63, 3.8) is 0 Å². The number of nitrogens with zero attached hydrogens (tertiary/aromatic N) is 2. The highest BCUT2D eigenvalue weighted by atomic mass is 35.5. The predicted octanol–water partition coefficient (Wildman–Crippen LogP) is 5.38. The van der Waals surface area contributed by atoms with Crippen molar-refractivity contribution in [1.29, 1.82) is 0 Å². The molecule has 1 fully saturated rings. The molecule has 2 aromatic carbocycles. The Morgan fingerprint density at radius 1 is 1.25 bits per heavy atom. The van der Waals surface area contributed by atoms with Crippen LogP contribution in [0, 0.1) is 6.92 Å². The summed E-state index contributed by atoms with van der Waals surface area (Å²) < 4.78 is 5.14. The molecule has 5 nitrogen and oxygen atoms in total. The van der Waals surface area contributed by atoms with E-state index in [9.17, 15) is 9.90 Å². The molecule has 146 valence electrons. The fourth-order valence-electron chi connectivity index (χ4n) is 2.73. The third-order valence-electron chi connectivity index (χ3n) is 4.18. The van der Waals surface area contributed by atoms with Gasteiger partial charge in [-0.25, -0.2) is 4.99 Å². The second-order valence-corrected chi connectivity index (χ2v) is 8.08. The molecule has 3 rings (SSSR count). The molecule has 2 aromatic rings. The monoisotopic (exact) mass is 416 g/mol. The first-order valence-electron chi connectivity index (χ1n) is 8.75. The maximum absolute atomic E-state index is 13.0. The van der Waals surface area contributed by atoms with Crippen LogP contribution in [-0.4, -0.2) is 34.2 Å². The van der Waals surface area contributed by atoms with E-state index in [-0.39, 0.29) is 28.5 Å². The van der Waals surface area contributed by atoms with Crippen LogP contribution in [0.25, 0.3) is 6.08 Å². The van der Waals surface area contributed by atoms with Crippen molar-refractivity contribution >= 4 is 46.2 Å². The number of amides is 1. The van der Waals surface area contributed by atoms with E-state index < -0.39 is 0 Å². The lowest BCUT2D eigenvalue weighted by Gasteiger charge is -2.19. The molecule has 0 aliphatic carbocycles. The van der Waals surface area contributed by atoms with Gasteiger partial charge in [0.1, 0.15) is 0 Å². The molecule has 0 saturated carbocycles. The predicted molar refractivity (Wildman–Crippen MR) is 115 cm³/mol. The minimum Gasteiger partial charge on any atom is -0.503 e. The van der Waals surface area contributed by atoms with E-state index in [4.69, 9.17) is 16.3 Å². The Hall–Kier alpha value is -2.44. The van der Waals surface area contributed by atoms with Crippen LogP contribution in [-0.2, 0) is 4.79 Å². The van der Waals surface area contributed by atoms with E-state index in [2.05, 4.69) is 4.99 Å². The van der Waals surface area contributed by atoms with Gasteiger partial charge in [-0.2, -0.15) is 0 Å². The van der Waals surface area contributed by atoms with E-state index in [0.717, 1.165) is 11.3 Å². The summed E-state index contributed by atoms with van der Waals surface area (Å²) in [5, 5.41) is 10.7. The third kappa shape index (κ3) is 4.18. The van der Waals surface area contributed by atoms with Gasteiger partial charge >= 0.3 is 0 Å². The number of benzene rings is 2. The second kappa shape index (κ2) is 8.29. The van der Waals surface area contributed by atoms with E-state index in [1.807, 2.05) is 45.0 Å². The highest BCUT2D eigenvalue weighted by molar-refractivity contribution is 8.18. The summed E-state index contributed by atoms with van der Waals surface area (Å²) in [5.41, 5.74) is 2.61. The number of halogens is 1. The van der Waals surface area contributed by atoms with Gasteiger partial charge in [-0.15, -0.1) is 0 Å². The Kier molecular flexibility index (Phi) is 6.01. The van der Waals surface area contributed by atoms with Gasteiger partial charge in [-0.05, 0) is 68.4 Å². The second-order valence-electron chi connectivity index (χ2n) is 6.66. The number of phenolic OH excluding ortho intramolecular Hbond substituents is 1. The molecule has 0 atom stereocenters. The van der Waals surface area contributed by atoms with Crippen molar-refractivity contribution in [2.45, 2.75) is 26.8 Å². The van der Waals surface area contributed by atoms with Crippen LogP contribution in [0.5, 0.6) is 11.5 Å². The van der Waals surface area contributed by atoms with Gasteiger partial charge in [0.2, 0.25) is 0 Å². The van der Waals surface area contributed by atoms with Crippen LogP contribution < -0.4 is 4.74 Å². The lowest BCUT2D eigenvalue weighted by Crippen LogP contribution is -2.35. The first kappa shape index (κ1) is 20.3. The Labute approximate surface area is 173 Å². The molecule has 0 spiro atoms. The fraction of sp³-hybridized carbons (Fsp3) is 0.238. The molecule has 0 aromatic heterocycles. The minimum absolute atomic E-state index is 0.0342. The summed E-state index contributed by atoms with van der Waals surface area (Å²) in [5.74, 6) is 0.0141. The molecule has 1 amide bonds. The van der Waals surface area contributed by atoms with E-state index in [0.29, 0.717) is 15.6 Å². The van der Waals surface area contributed by atoms with Crippen LogP contribution in [0.4, 0.5) is 5.69 Å². The summed E-state index contributed by atoms with van der Waals surface area (Å²) in [6.07, 6.45) is 1.73. The molecule has 7 heteroatoms. The summed E-state index contributed by atoms with van der Waals surface area (Å²) in [6.45, 7) is 5.92. The first-order valence-corrected chi connectivity index (χ1v) is 9.94. The molecule has 0 radical (unpaired) electrons. The molecule has 28 heavy (non-hydrogen) atoms. The van der Waals surface area contributed by atoms with Gasteiger partial charge in [0.15, 0.2) is 16.7 Å². The number of phenols is 1. The molecular formula is C21H21ClN2O3S. The number of hydrogen-bond donors (Lipinski definition) is 1. The summed E-state index contributed by atoms with van der Waals surface area (Å²) >= 11 is 7.38. The number of ether oxygens (including phenoxy) is 1. The van der Waals surface area contributed by atoms with Gasteiger partial charge < -0.3 is 9.84 Å². The molecule has 1 heterocycles. The van der Waals surface area contributed by atoms with Crippen molar-refractivity contribution in [2.24, 2.45) is 4.99 Å². The fourth-order valence-corrected chi connectivity index (χ4v) is 4.07. The molecule has 1 saturated heterocycles. The van der Waals surface area contributed by atoms with E-state index >= 15 is 0 Å². The number of amidine groups is 1. The normalized spacial score (nSPS) is 17.2. The molecule has 1 aliphatic rings. The van der Waals surface area contributed by atoms with Crippen molar-refractivity contribution in [2.75, 3.05) is 7.11 Å². The highest BCUT2D eigenvalue weighted by Gasteiger charge is 2.35. The van der Waals surface area contributed by atoms with E-state index in [1.165, 1.54) is 18.9 Å². The number of carbonyl (C=O) groups excluding carboxylic acids is 1. The number of methoxy groups -OCH3 is 1. The SMILES string of the molecule is COc1cc(/C=C2/SC(=Nc3ccc(C)cc3)N(C(C)C)C2=O)cc(Cl)c1O. The maximum Gasteiger partial charge on any atom is 0.266 e. The summed E-state index contributed by atoms with van der Waals surface area (Å²) in [4.78, 5) is 19.8. The molecule has 0 bridgehead atoms. The molecule has 1 N–H and O–H groups in total. The van der Waals surface area contributed by atoms with Gasteiger partial charge in [-0.1, -0.05) is 29.3 Å². The average molecular weight is 417 g/mol. The van der Waals surface area contributed by atoms with Crippen LogP contribution in [0.1, 0.15) is 25.0 Å². The van der Waals surface area contributed by atoms with Crippen molar-refractivity contribution in [3.05, 3.63) is 57.5 Å². The third-order valence-corrected chi connectivity index (χ3v) is 5.45. The number of hydrogen-bond acceptors (Lipinski definition) is 5. The number of aromatic hydroxyl groups is 1. The largest absolute Gasteiger partial charge is 0.503 e. The van der Waals surface area contributed by atoms with Gasteiger partial charge in [-0.3, -0.25) is 9.69 Å². The van der Waals surface area contributed by atoms with Crippen molar-refractivity contribution < 1.29 is 14.6 Å². The lowest BCUT2D eigenvalue weighted by molar-refractivity contribution is -0.123. The van der Waals surface area contributed by atoms with E-state index in [1.54, 1.807) is 23.1 Å². The van der Waals surface area contributed by atoms with Crippen molar-refractivity contribution in [1.82, 2.24) is 4.90 Å². The van der Waals surface area contributed by atoms with Crippen LogP contribution in [0.15, 0.2) is 46.3 Å². The topological polar surface area (TPSA) is 62.1 Å². The lowest BCUT2D eigenvalue weighted by atomic mass is 10.1. The summed E-state index contributed by atoms with van der Waals surface area (Å²) in [7, 11) is 1.45. The number of thioether (sulfide) groups is 1. The number of rotatable bonds is 4. The first-order chi connectivity index (χ1) is 13.3. The smallest absolute Gasteiger partial charge is 0.266 e. The quantitative estimate of drug-likeness (QED) is 0.680. The Morgan fingerprint density at radius 3 is 2.54 bits per heavy atom. The Morgan fingerprint density at radius 2 is 1.93 bits per heavy atom.